The Morgan fingerprint density at radius 1 is 0.946 bits per heavy atom. The molecule has 0 bridgehead atoms. The Kier molecular flexibility index (Phi) is 7.82. The summed E-state index contributed by atoms with van der Waals surface area (Å²) in [5, 5.41) is 0.422. The first-order valence-electron chi connectivity index (χ1n) is 10.8. The molecule has 0 fully saturated rings. The van der Waals surface area contributed by atoms with Crippen LogP contribution in [0.3, 0.4) is 0 Å². The van der Waals surface area contributed by atoms with E-state index in [1.165, 1.54) is 30.3 Å². The van der Waals surface area contributed by atoms with E-state index >= 15 is 0 Å². The summed E-state index contributed by atoms with van der Waals surface area (Å²) in [7, 11) is 1.07. The molecular weight excluding hydrogens is 502 g/mol. The van der Waals surface area contributed by atoms with Crippen LogP contribution in [-0.4, -0.2) is 29.9 Å². The van der Waals surface area contributed by atoms with E-state index < -0.39 is 34.5 Å². The SMILES string of the molecule is COC(=O)c1c(C(=O)ONNC(=O)c2cccc(OCc3ccccc3)c2)[nH]c2cc(Cl)ccc2c1=O. The molecule has 0 atom stereocenters. The Morgan fingerprint density at radius 3 is 2.49 bits per heavy atom. The zero-order valence-electron chi connectivity index (χ0n) is 19.4. The van der Waals surface area contributed by atoms with Crippen molar-refractivity contribution in [2.75, 3.05) is 7.11 Å². The summed E-state index contributed by atoms with van der Waals surface area (Å²) < 4.78 is 10.4. The number of H-pyrrole nitrogens is 1. The lowest BCUT2D eigenvalue weighted by Crippen LogP contribution is -2.39. The van der Waals surface area contributed by atoms with E-state index in [0.717, 1.165) is 12.7 Å². The van der Waals surface area contributed by atoms with Gasteiger partial charge in [0.15, 0.2) is 0 Å². The predicted molar refractivity (Wildman–Crippen MR) is 134 cm³/mol. The molecule has 0 aliphatic rings. The molecule has 1 heterocycles. The molecular formula is C26H20ClN3O7. The fraction of sp³-hybridized carbons (Fsp3) is 0.0769. The number of fused-ring (bicyclic) bond motifs is 1. The third-order valence-corrected chi connectivity index (χ3v) is 5.44. The first-order valence-corrected chi connectivity index (χ1v) is 11.2. The summed E-state index contributed by atoms with van der Waals surface area (Å²) in [5.74, 6) is -2.37. The van der Waals surface area contributed by atoms with Crippen LogP contribution >= 0.6 is 11.6 Å². The Bertz CT molecular complexity index is 1540. The van der Waals surface area contributed by atoms with E-state index in [9.17, 15) is 19.2 Å². The van der Waals surface area contributed by atoms with Gasteiger partial charge in [-0.15, -0.1) is 0 Å². The summed E-state index contributed by atoms with van der Waals surface area (Å²) in [4.78, 5) is 57.8. The maximum absolute atomic E-state index is 12.8. The molecule has 0 aliphatic carbocycles. The number of esters is 1. The van der Waals surface area contributed by atoms with Crippen molar-refractivity contribution in [2.24, 2.45) is 0 Å². The number of rotatable bonds is 8. The molecule has 37 heavy (non-hydrogen) atoms. The van der Waals surface area contributed by atoms with Crippen LogP contribution in [0.15, 0.2) is 77.6 Å². The van der Waals surface area contributed by atoms with Crippen molar-refractivity contribution in [1.82, 2.24) is 16.0 Å². The maximum Gasteiger partial charge on any atom is 0.376 e. The number of benzene rings is 3. The van der Waals surface area contributed by atoms with Gasteiger partial charge in [-0.3, -0.25) is 15.0 Å². The van der Waals surface area contributed by atoms with Crippen LogP contribution in [0.5, 0.6) is 5.75 Å². The van der Waals surface area contributed by atoms with E-state index in [1.54, 1.807) is 12.1 Å². The van der Waals surface area contributed by atoms with Gasteiger partial charge in [-0.1, -0.05) is 53.6 Å². The molecule has 188 valence electrons. The number of halogens is 1. The van der Waals surface area contributed by atoms with Gasteiger partial charge in [-0.05, 0) is 42.0 Å². The zero-order chi connectivity index (χ0) is 26.4. The van der Waals surface area contributed by atoms with Crippen molar-refractivity contribution < 1.29 is 28.7 Å². The number of aromatic amines is 1. The average Bonchev–Trinajstić information content (AvgIpc) is 2.91. The number of carbonyl (C=O) groups excluding carboxylic acids is 3. The van der Waals surface area contributed by atoms with Crippen LogP contribution in [0.25, 0.3) is 10.9 Å². The lowest BCUT2D eigenvalue weighted by molar-refractivity contribution is 0.0126. The number of carbonyl (C=O) groups is 3. The molecule has 3 aromatic carbocycles. The monoisotopic (exact) mass is 521 g/mol. The third-order valence-electron chi connectivity index (χ3n) is 5.21. The second-order valence-electron chi connectivity index (χ2n) is 7.63. The number of hydrogen-bond donors (Lipinski definition) is 3. The van der Waals surface area contributed by atoms with Crippen molar-refractivity contribution >= 4 is 40.3 Å². The molecule has 0 saturated heterocycles. The van der Waals surface area contributed by atoms with Crippen molar-refractivity contribution in [3.8, 4) is 5.75 Å². The van der Waals surface area contributed by atoms with Crippen LogP contribution in [-0.2, 0) is 16.2 Å². The lowest BCUT2D eigenvalue weighted by atomic mass is 10.1. The van der Waals surface area contributed by atoms with Gasteiger partial charge in [-0.25, -0.2) is 9.59 Å². The molecule has 4 aromatic rings. The zero-order valence-corrected chi connectivity index (χ0v) is 20.1. The second-order valence-corrected chi connectivity index (χ2v) is 8.07. The van der Waals surface area contributed by atoms with E-state index in [0.29, 0.717) is 17.4 Å². The normalized spacial score (nSPS) is 10.5. The molecule has 11 heteroatoms. The number of hydrazine groups is 1. The molecule has 0 spiro atoms. The van der Waals surface area contributed by atoms with Gasteiger partial charge in [0.25, 0.3) is 5.91 Å². The van der Waals surface area contributed by atoms with Crippen LogP contribution in [0, 0.1) is 0 Å². The highest BCUT2D eigenvalue weighted by Gasteiger charge is 2.26. The maximum atomic E-state index is 12.8. The number of pyridine rings is 1. The summed E-state index contributed by atoms with van der Waals surface area (Å²) in [6.07, 6.45) is 0. The number of ether oxygens (including phenoxy) is 2. The van der Waals surface area contributed by atoms with Crippen LogP contribution in [0.4, 0.5) is 0 Å². The van der Waals surface area contributed by atoms with E-state index in [-0.39, 0.29) is 16.5 Å². The molecule has 3 N–H and O–H groups in total. The highest BCUT2D eigenvalue weighted by atomic mass is 35.5. The van der Waals surface area contributed by atoms with Gasteiger partial charge < -0.3 is 19.3 Å². The fourth-order valence-electron chi connectivity index (χ4n) is 3.42. The molecule has 0 aliphatic heterocycles. The lowest BCUT2D eigenvalue weighted by Gasteiger charge is -2.11. The summed E-state index contributed by atoms with van der Waals surface area (Å²) in [6, 6.07) is 20.2. The molecule has 4 rings (SSSR count). The minimum Gasteiger partial charge on any atom is -0.489 e. The Morgan fingerprint density at radius 2 is 1.73 bits per heavy atom. The predicted octanol–water partition coefficient (Wildman–Crippen LogP) is 3.55. The van der Waals surface area contributed by atoms with Crippen molar-refractivity contribution in [2.45, 2.75) is 6.61 Å². The summed E-state index contributed by atoms with van der Waals surface area (Å²) >= 11 is 5.97. The van der Waals surface area contributed by atoms with Crippen molar-refractivity contribution in [3.05, 3.63) is 110 Å². The van der Waals surface area contributed by atoms with Gasteiger partial charge >= 0.3 is 11.9 Å². The fourth-order valence-corrected chi connectivity index (χ4v) is 3.59. The second kappa shape index (κ2) is 11.4. The minimum absolute atomic E-state index is 0.122. The quantitative estimate of drug-likeness (QED) is 0.236. The van der Waals surface area contributed by atoms with E-state index in [2.05, 4.69) is 15.1 Å². The topological polar surface area (TPSA) is 136 Å². The molecule has 10 nitrogen and oxygen atoms in total. The van der Waals surface area contributed by atoms with E-state index in [1.807, 2.05) is 35.9 Å². The van der Waals surface area contributed by atoms with Gasteiger partial charge in [-0.2, -0.15) is 0 Å². The third kappa shape index (κ3) is 5.95. The number of amides is 1. The first-order chi connectivity index (χ1) is 17.9. The van der Waals surface area contributed by atoms with Gasteiger partial charge in [0.1, 0.15) is 23.6 Å². The van der Waals surface area contributed by atoms with Crippen LogP contribution < -0.4 is 21.2 Å². The number of aromatic nitrogens is 1. The van der Waals surface area contributed by atoms with Gasteiger partial charge in [0.2, 0.25) is 5.43 Å². The van der Waals surface area contributed by atoms with Crippen molar-refractivity contribution in [1.29, 1.82) is 0 Å². The van der Waals surface area contributed by atoms with Crippen molar-refractivity contribution in [3.63, 3.8) is 0 Å². The molecule has 1 aromatic heterocycles. The smallest absolute Gasteiger partial charge is 0.376 e. The summed E-state index contributed by atoms with van der Waals surface area (Å²) in [5.41, 5.74) is 3.84. The summed E-state index contributed by atoms with van der Waals surface area (Å²) in [6.45, 7) is 0.319. The van der Waals surface area contributed by atoms with Gasteiger partial charge in [0, 0.05) is 16.0 Å². The molecule has 1 amide bonds. The number of methoxy groups -OCH3 is 1. The Hall–Kier alpha value is -4.67. The largest absolute Gasteiger partial charge is 0.489 e. The van der Waals surface area contributed by atoms with E-state index in [4.69, 9.17) is 21.2 Å². The molecule has 0 unspecified atom stereocenters. The number of hydrogen-bond acceptors (Lipinski definition) is 8. The van der Waals surface area contributed by atoms with Crippen LogP contribution in [0.2, 0.25) is 5.02 Å². The Labute approximate surface area is 215 Å². The highest BCUT2D eigenvalue weighted by Crippen LogP contribution is 2.18. The van der Waals surface area contributed by atoms with Gasteiger partial charge in [0.05, 0.1) is 12.6 Å². The minimum atomic E-state index is -1.15. The standard InChI is InChI=1S/C26H20ClN3O7/c1-35-25(33)21-22(28-20-13-17(27)10-11-19(20)23(21)31)26(34)37-30-29-24(32)16-8-5-9-18(12-16)36-14-15-6-3-2-4-7-15/h2-13,30H,14H2,1H3,(H,28,31)(H,29,32). The highest BCUT2D eigenvalue weighted by molar-refractivity contribution is 6.31. The number of nitrogens with one attached hydrogen (secondary N) is 3. The molecule has 0 saturated carbocycles. The first kappa shape index (κ1) is 25.4. The van der Waals surface area contributed by atoms with Crippen LogP contribution in [0.1, 0.15) is 36.8 Å². The average molecular weight is 522 g/mol. The Balaban J connectivity index is 1.44. The molecule has 0 radical (unpaired) electrons.